The fourth-order valence-corrected chi connectivity index (χ4v) is 3.30. The minimum absolute atomic E-state index is 0.175. The van der Waals surface area contributed by atoms with Gasteiger partial charge in [0.2, 0.25) is 0 Å². The number of halogens is 2. The van der Waals surface area contributed by atoms with E-state index in [0.717, 1.165) is 53.6 Å². The normalized spacial score (nSPS) is 15.3. The van der Waals surface area contributed by atoms with Crippen LogP contribution in [0.1, 0.15) is 5.56 Å². The molecule has 2 aromatic carbocycles. The van der Waals surface area contributed by atoms with Gasteiger partial charge in [0.25, 0.3) is 0 Å². The Labute approximate surface area is 155 Å². The molecule has 1 N–H and O–H groups in total. The lowest BCUT2D eigenvalue weighted by Crippen LogP contribution is -2.49. The summed E-state index contributed by atoms with van der Waals surface area (Å²) < 4.78 is 14.3. The summed E-state index contributed by atoms with van der Waals surface area (Å²) in [7, 11) is 0. The highest BCUT2D eigenvalue weighted by molar-refractivity contribution is 9.10. The van der Waals surface area contributed by atoms with Crippen LogP contribution in [0.15, 0.2) is 53.0 Å². The molecule has 1 heterocycles. The third-order valence-electron chi connectivity index (χ3n) is 4.05. The van der Waals surface area contributed by atoms with Crippen molar-refractivity contribution in [2.45, 2.75) is 6.54 Å². The molecule has 2 aromatic rings. The second-order valence-electron chi connectivity index (χ2n) is 5.83. The summed E-state index contributed by atoms with van der Waals surface area (Å²) >= 11 is 8.94. The van der Waals surface area contributed by atoms with Gasteiger partial charge in [0.1, 0.15) is 5.82 Å². The molecule has 1 aliphatic rings. The third-order valence-corrected chi connectivity index (χ3v) is 4.94. The van der Waals surface area contributed by atoms with Crippen LogP contribution in [0.4, 0.5) is 10.1 Å². The van der Waals surface area contributed by atoms with Crippen molar-refractivity contribution in [2.75, 3.05) is 31.5 Å². The Hall–Kier alpha value is -1.50. The largest absolute Gasteiger partial charge is 0.346 e. The summed E-state index contributed by atoms with van der Waals surface area (Å²) in [6.45, 7) is 4.35. The van der Waals surface area contributed by atoms with Crippen LogP contribution in [0.5, 0.6) is 0 Å². The summed E-state index contributed by atoms with van der Waals surface area (Å²) in [5.74, 6) is -0.175. The van der Waals surface area contributed by atoms with Gasteiger partial charge in [-0.05, 0) is 54.2 Å². The zero-order valence-electron chi connectivity index (χ0n) is 13.2. The number of nitrogens with zero attached hydrogens (tertiary/aromatic N) is 2. The van der Waals surface area contributed by atoms with Crippen molar-refractivity contribution in [3.8, 4) is 0 Å². The highest BCUT2D eigenvalue weighted by Gasteiger charge is 2.19. The smallest absolute Gasteiger partial charge is 0.173 e. The van der Waals surface area contributed by atoms with Crippen LogP contribution in [-0.2, 0) is 6.54 Å². The van der Waals surface area contributed by atoms with Gasteiger partial charge in [-0.2, -0.15) is 0 Å². The van der Waals surface area contributed by atoms with E-state index in [0.29, 0.717) is 0 Å². The quantitative estimate of drug-likeness (QED) is 0.771. The average Bonchev–Trinajstić information content (AvgIpc) is 2.57. The van der Waals surface area contributed by atoms with E-state index in [1.165, 1.54) is 6.07 Å². The van der Waals surface area contributed by atoms with Crippen LogP contribution in [0.3, 0.4) is 0 Å². The number of hydrogen-bond acceptors (Lipinski definition) is 2. The van der Waals surface area contributed by atoms with E-state index in [9.17, 15) is 4.39 Å². The molecule has 0 aliphatic carbocycles. The van der Waals surface area contributed by atoms with Gasteiger partial charge in [-0.3, -0.25) is 4.90 Å². The lowest BCUT2D eigenvalue weighted by molar-refractivity contribution is 0.177. The number of benzene rings is 2. The van der Waals surface area contributed by atoms with E-state index in [2.05, 4.69) is 31.0 Å². The molecular formula is C18H19BrFN3S. The van der Waals surface area contributed by atoms with Crippen molar-refractivity contribution < 1.29 is 4.39 Å². The predicted molar refractivity (Wildman–Crippen MR) is 104 cm³/mol. The highest BCUT2D eigenvalue weighted by Crippen LogP contribution is 2.16. The molecule has 3 nitrogen and oxygen atoms in total. The Morgan fingerprint density at radius 2 is 1.79 bits per heavy atom. The number of thiocarbonyl (C=S) groups is 1. The van der Waals surface area contributed by atoms with Crippen molar-refractivity contribution in [3.05, 3.63) is 64.4 Å². The molecule has 0 aromatic heterocycles. The first-order valence-corrected chi connectivity index (χ1v) is 9.08. The van der Waals surface area contributed by atoms with Crippen LogP contribution in [0, 0.1) is 5.82 Å². The van der Waals surface area contributed by atoms with Gasteiger partial charge >= 0.3 is 0 Å². The number of piperazine rings is 1. The lowest BCUT2D eigenvalue weighted by Gasteiger charge is -2.36. The minimum Gasteiger partial charge on any atom is -0.346 e. The average molecular weight is 408 g/mol. The first-order valence-electron chi connectivity index (χ1n) is 7.88. The molecule has 126 valence electrons. The SMILES string of the molecule is Fc1cccc(CN2CCN(C(=S)Nc3ccc(Br)cc3)CC2)c1. The number of rotatable bonds is 3. The highest BCUT2D eigenvalue weighted by atomic mass is 79.9. The summed E-state index contributed by atoms with van der Waals surface area (Å²) in [5, 5.41) is 4.03. The lowest BCUT2D eigenvalue weighted by atomic mass is 10.2. The van der Waals surface area contributed by atoms with E-state index in [4.69, 9.17) is 12.2 Å². The van der Waals surface area contributed by atoms with Crippen LogP contribution >= 0.6 is 28.1 Å². The van der Waals surface area contributed by atoms with E-state index in [-0.39, 0.29) is 5.82 Å². The first-order chi connectivity index (χ1) is 11.6. The maximum absolute atomic E-state index is 13.3. The zero-order chi connectivity index (χ0) is 16.9. The first kappa shape index (κ1) is 17.3. The molecule has 0 saturated carbocycles. The molecule has 1 aliphatic heterocycles. The molecule has 1 fully saturated rings. The molecule has 0 atom stereocenters. The van der Waals surface area contributed by atoms with Gasteiger partial charge in [0.05, 0.1) is 0 Å². The van der Waals surface area contributed by atoms with Gasteiger partial charge < -0.3 is 10.2 Å². The fraction of sp³-hybridized carbons (Fsp3) is 0.278. The Morgan fingerprint density at radius 3 is 2.46 bits per heavy atom. The Bertz CT molecular complexity index is 700. The number of nitrogens with one attached hydrogen (secondary N) is 1. The van der Waals surface area contributed by atoms with Crippen molar-refractivity contribution in [1.82, 2.24) is 9.80 Å². The van der Waals surface area contributed by atoms with E-state index >= 15 is 0 Å². The molecule has 6 heteroatoms. The Kier molecular flexibility index (Phi) is 5.81. The monoisotopic (exact) mass is 407 g/mol. The van der Waals surface area contributed by atoms with E-state index < -0.39 is 0 Å². The molecule has 0 amide bonds. The van der Waals surface area contributed by atoms with E-state index in [1.807, 2.05) is 30.3 Å². The predicted octanol–water partition coefficient (Wildman–Crippen LogP) is 4.10. The van der Waals surface area contributed by atoms with Crippen molar-refractivity contribution in [2.24, 2.45) is 0 Å². The maximum Gasteiger partial charge on any atom is 0.173 e. The molecule has 0 unspecified atom stereocenters. The topological polar surface area (TPSA) is 18.5 Å². The zero-order valence-corrected chi connectivity index (χ0v) is 15.6. The van der Waals surface area contributed by atoms with Crippen LogP contribution in [0.25, 0.3) is 0 Å². The number of anilines is 1. The molecule has 1 saturated heterocycles. The van der Waals surface area contributed by atoms with Crippen molar-refractivity contribution in [3.63, 3.8) is 0 Å². The summed E-state index contributed by atoms with van der Waals surface area (Å²) in [5.41, 5.74) is 2.00. The Balaban J connectivity index is 1.49. The van der Waals surface area contributed by atoms with Crippen molar-refractivity contribution >= 4 is 38.9 Å². The van der Waals surface area contributed by atoms with E-state index in [1.54, 1.807) is 12.1 Å². The molecular weight excluding hydrogens is 389 g/mol. The molecule has 0 bridgehead atoms. The third kappa shape index (κ3) is 4.75. The van der Waals surface area contributed by atoms with Crippen LogP contribution in [0.2, 0.25) is 0 Å². The van der Waals surface area contributed by atoms with Gasteiger partial charge in [-0.1, -0.05) is 28.1 Å². The number of hydrogen-bond donors (Lipinski definition) is 1. The van der Waals surface area contributed by atoms with Gasteiger partial charge in [-0.15, -0.1) is 0 Å². The maximum atomic E-state index is 13.3. The minimum atomic E-state index is -0.175. The molecule has 24 heavy (non-hydrogen) atoms. The fourth-order valence-electron chi connectivity index (χ4n) is 2.74. The summed E-state index contributed by atoms with van der Waals surface area (Å²) in [6.07, 6.45) is 0. The van der Waals surface area contributed by atoms with Gasteiger partial charge in [-0.25, -0.2) is 4.39 Å². The second-order valence-corrected chi connectivity index (χ2v) is 7.13. The molecule has 0 radical (unpaired) electrons. The summed E-state index contributed by atoms with van der Waals surface area (Å²) in [4.78, 5) is 4.51. The molecule has 0 spiro atoms. The van der Waals surface area contributed by atoms with Crippen LogP contribution < -0.4 is 5.32 Å². The van der Waals surface area contributed by atoms with Gasteiger partial charge in [0.15, 0.2) is 5.11 Å². The Morgan fingerprint density at radius 1 is 1.08 bits per heavy atom. The van der Waals surface area contributed by atoms with Gasteiger partial charge in [0, 0.05) is 42.9 Å². The second kappa shape index (κ2) is 8.05. The van der Waals surface area contributed by atoms with Crippen molar-refractivity contribution in [1.29, 1.82) is 0 Å². The summed E-state index contributed by atoms with van der Waals surface area (Å²) in [6, 6.07) is 14.8. The molecule has 3 rings (SSSR count). The van der Waals surface area contributed by atoms with Crippen LogP contribution in [-0.4, -0.2) is 41.1 Å². The standard InChI is InChI=1S/C18H19BrFN3S/c19-15-4-6-17(7-5-15)21-18(24)23-10-8-22(9-11-23)13-14-2-1-3-16(20)12-14/h1-7,12H,8-11,13H2,(H,21,24).